The third-order valence-corrected chi connectivity index (χ3v) is 3.78. The van der Waals surface area contributed by atoms with Crippen LogP contribution in [0.3, 0.4) is 0 Å². The van der Waals surface area contributed by atoms with Gasteiger partial charge in [-0.15, -0.1) is 0 Å². The van der Waals surface area contributed by atoms with Crippen LogP contribution in [0.15, 0.2) is 54.6 Å². The fourth-order valence-corrected chi connectivity index (χ4v) is 2.60. The standard InChI is InChI=1S/C16H20N2O2S/c1-13(14-6-4-3-5-7-14)12-17-15-8-10-16(11-9-15)18-21(2,19)20/h3-11,13,17-18H,12H2,1-2H3/t13-/m1/s1. The van der Waals surface area contributed by atoms with Gasteiger partial charge in [0.25, 0.3) is 0 Å². The summed E-state index contributed by atoms with van der Waals surface area (Å²) in [6.07, 6.45) is 1.14. The lowest BCUT2D eigenvalue weighted by atomic mass is 10.0. The molecule has 0 heterocycles. The van der Waals surface area contributed by atoms with Crippen molar-refractivity contribution in [3.63, 3.8) is 0 Å². The van der Waals surface area contributed by atoms with Gasteiger partial charge >= 0.3 is 0 Å². The van der Waals surface area contributed by atoms with Crippen LogP contribution in [0.2, 0.25) is 0 Å². The minimum absolute atomic E-state index is 0.403. The van der Waals surface area contributed by atoms with Crippen molar-refractivity contribution in [2.45, 2.75) is 12.8 Å². The summed E-state index contributed by atoms with van der Waals surface area (Å²) in [5.41, 5.74) is 2.83. The molecular weight excluding hydrogens is 284 g/mol. The van der Waals surface area contributed by atoms with E-state index in [1.165, 1.54) is 5.56 Å². The molecule has 0 saturated heterocycles. The highest BCUT2D eigenvalue weighted by atomic mass is 32.2. The quantitative estimate of drug-likeness (QED) is 0.861. The zero-order valence-electron chi connectivity index (χ0n) is 12.2. The van der Waals surface area contributed by atoms with Gasteiger partial charge in [-0.1, -0.05) is 37.3 Å². The Labute approximate surface area is 126 Å². The van der Waals surface area contributed by atoms with Crippen molar-refractivity contribution in [1.82, 2.24) is 0 Å². The van der Waals surface area contributed by atoms with E-state index in [1.807, 2.05) is 30.3 Å². The summed E-state index contributed by atoms with van der Waals surface area (Å²) in [6, 6.07) is 17.5. The number of hydrogen-bond acceptors (Lipinski definition) is 3. The summed E-state index contributed by atoms with van der Waals surface area (Å²) >= 11 is 0. The van der Waals surface area contributed by atoms with Gasteiger partial charge in [0.05, 0.1) is 6.26 Å². The molecule has 1 atom stereocenters. The zero-order chi connectivity index (χ0) is 15.3. The zero-order valence-corrected chi connectivity index (χ0v) is 13.0. The minimum atomic E-state index is -3.22. The van der Waals surface area contributed by atoms with E-state index in [9.17, 15) is 8.42 Å². The van der Waals surface area contributed by atoms with Crippen LogP contribution in [0, 0.1) is 0 Å². The second-order valence-corrected chi connectivity index (χ2v) is 6.89. The van der Waals surface area contributed by atoms with Gasteiger partial charge in [-0.2, -0.15) is 0 Å². The van der Waals surface area contributed by atoms with Crippen LogP contribution in [0.4, 0.5) is 11.4 Å². The minimum Gasteiger partial charge on any atom is -0.384 e. The fraction of sp³-hybridized carbons (Fsp3) is 0.250. The second kappa shape index (κ2) is 6.63. The number of anilines is 2. The molecule has 2 N–H and O–H groups in total. The molecule has 0 amide bonds. The van der Waals surface area contributed by atoms with Crippen molar-refractivity contribution in [2.24, 2.45) is 0 Å². The van der Waals surface area contributed by atoms with Crippen LogP contribution in [-0.2, 0) is 10.0 Å². The van der Waals surface area contributed by atoms with Crippen LogP contribution in [0.5, 0.6) is 0 Å². The maximum absolute atomic E-state index is 11.1. The first kappa shape index (κ1) is 15.4. The van der Waals surface area contributed by atoms with Crippen LogP contribution < -0.4 is 10.0 Å². The normalized spacial score (nSPS) is 12.7. The summed E-state index contributed by atoms with van der Waals surface area (Å²) in [6.45, 7) is 2.99. The van der Waals surface area contributed by atoms with E-state index in [4.69, 9.17) is 0 Å². The average molecular weight is 304 g/mol. The van der Waals surface area contributed by atoms with Gasteiger partial charge in [0, 0.05) is 17.9 Å². The van der Waals surface area contributed by atoms with Crippen LogP contribution in [0.1, 0.15) is 18.4 Å². The highest BCUT2D eigenvalue weighted by molar-refractivity contribution is 7.92. The Morgan fingerprint density at radius 1 is 0.952 bits per heavy atom. The molecule has 0 unspecified atom stereocenters. The number of benzene rings is 2. The molecule has 21 heavy (non-hydrogen) atoms. The van der Waals surface area contributed by atoms with Gasteiger partial charge in [-0.05, 0) is 35.7 Å². The summed E-state index contributed by atoms with van der Waals surface area (Å²) in [7, 11) is -3.22. The SMILES string of the molecule is C[C@H](CNc1ccc(NS(C)(=O)=O)cc1)c1ccccc1. The third-order valence-electron chi connectivity index (χ3n) is 3.17. The van der Waals surface area contributed by atoms with Gasteiger partial charge in [-0.3, -0.25) is 4.72 Å². The average Bonchev–Trinajstić information content (AvgIpc) is 2.45. The van der Waals surface area contributed by atoms with E-state index in [0.29, 0.717) is 11.6 Å². The molecule has 0 spiro atoms. The lowest BCUT2D eigenvalue weighted by Crippen LogP contribution is -2.11. The third kappa shape index (κ3) is 5.11. The first-order chi connectivity index (χ1) is 9.94. The van der Waals surface area contributed by atoms with Crippen LogP contribution in [0.25, 0.3) is 0 Å². The molecule has 0 bridgehead atoms. The van der Waals surface area contributed by atoms with E-state index in [1.54, 1.807) is 12.1 Å². The topological polar surface area (TPSA) is 58.2 Å². The first-order valence-corrected chi connectivity index (χ1v) is 8.70. The summed E-state index contributed by atoms with van der Waals surface area (Å²) < 4.78 is 24.7. The number of rotatable bonds is 6. The Hall–Kier alpha value is -2.01. The molecule has 0 aliphatic heterocycles. The van der Waals surface area contributed by atoms with Crippen LogP contribution in [-0.4, -0.2) is 21.2 Å². The van der Waals surface area contributed by atoms with Crippen LogP contribution >= 0.6 is 0 Å². The Kier molecular flexibility index (Phi) is 4.85. The predicted molar refractivity (Wildman–Crippen MR) is 88.3 cm³/mol. The highest BCUT2D eigenvalue weighted by Crippen LogP contribution is 2.18. The van der Waals surface area contributed by atoms with Crippen molar-refractivity contribution >= 4 is 21.4 Å². The van der Waals surface area contributed by atoms with E-state index >= 15 is 0 Å². The van der Waals surface area contributed by atoms with Gasteiger partial charge in [0.15, 0.2) is 0 Å². The molecule has 4 nitrogen and oxygen atoms in total. The number of sulfonamides is 1. The Morgan fingerprint density at radius 3 is 2.10 bits per heavy atom. The summed E-state index contributed by atoms with van der Waals surface area (Å²) in [4.78, 5) is 0. The van der Waals surface area contributed by atoms with Crippen molar-refractivity contribution in [1.29, 1.82) is 0 Å². The molecule has 112 valence electrons. The molecular formula is C16H20N2O2S. The predicted octanol–water partition coefficient (Wildman–Crippen LogP) is 3.27. The van der Waals surface area contributed by atoms with E-state index in [-0.39, 0.29) is 0 Å². The molecule has 0 fully saturated rings. The van der Waals surface area contributed by atoms with Gasteiger partial charge in [0.1, 0.15) is 0 Å². The van der Waals surface area contributed by atoms with E-state index < -0.39 is 10.0 Å². The Bertz CT molecular complexity index is 667. The van der Waals surface area contributed by atoms with Gasteiger partial charge in [-0.25, -0.2) is 8.42 Å². The molecule has 0 aliphatic carbocycles. The smallest absolute Gasteiger partial charge is 0.229 e. The molecule has 0 radical (unpaired) electrons. The Balaban J connectivity index is 1.92. The molecule has 0 saturated carbocycles. The first-order valence-electron chi connectivity index (χ1n) is 6.81. The van der Waals surface area contributed by atoms with Crippen molar-refractivity contribution in [3.05, 3.63) is 60.2 Å². The van der Waals surface area contributed by atoms with Gasteiger partial charge < -0.3 is 5.32 Å². The number of nitrogens with one attached hydrogen (secondary N) is 2. The molecule has 0 aliphatic rings. The summed E-state index contributed by atoms with van der Waals surface area (Å²) in [5, 5.41) is 3.36. The molecule has 5 heteroatoms. The van der Waals surface area contributed by atoms with Gasteiger partial charge in [0.2, 0.25) is 10.0 Å². The summed E-state index contributed by atoms with van der Waals surface area (Å²) in [5.74, 6) is 0.403. The fourth-order valence-electron chi connectivity index (χ4n) is 2.04. The molecule has 2 aromatic rings. The van der Waals surface area contributed by atoms with E-state index in [2.05, 4.69) is 29.1 Å². The Morgan fingerprint density at radius 2 is 1.52 bits per heavy atom. The molecule has 2 rings (SSSR count). The van der Waals surface area contributed by atoms with Crippen molar-refractivity contribution < 1.29 is 8.42 Å². The number of hydrogen-bond donors (Lipinski definition) is 2. The monoisotopic (exact) mass is 304 g/mol. The lowest BCUT2D eigenvalue weighted by Gasteiger charge is -2.14. The maximum Gasteiger partial charge on any atom is 0.229 e. The highest BCUT2D eigenvalue weighted by Gasteiger charge is 2.05. The van der Waals surface area contributed by atoms with E-state index in [0.717, 1.165) is 18.5 Å². The second-order valence-electron chi connectivity index (χ2n) is 5.14. The molecule has 0 aromatic heterocycles. The lowest BCUT2D eigenvalue weighted by molar-refractivity contribution is 0.607. The van der Waals surface area contributed by atoms with Crippen molar-refractivity contribution in [3.8, 4) is 0 Å². The van der Waals surface area contributed by atoms with Crippen molar-refractivity contribution in [2.75, 3.05) is 22.8 Å². The maximum atomic E-state index is 11.1. The largest absolute Gasteiger partial charge is 0.384 e. The molecule has 2 aromatic carbocycles.